The highest BCUT2D eigenvalue weighted by atomic mass is 19.1. The van der Waals surface area contributed by atoms with Crippen molar-refractivity contribution in [1.29, 1.82) is 0 Å². The minimum atomic E-state index is -0.626. The molecule has 0 aromatic heterocycles. The van der Waals surface area contributed by atoms with Crippen molar-refractivity contribution in [2.75, 3.05) is 0 Å². The number of carbonyl (C=O) groups is 1. The van der Waals surface area contributed by atoms with Crippen LogP contribution in [-0.2, 0) is 0 Å². The van der Waals surface area contributed by atoms with Gasteiger partial charge in [0.1, 0.15) is 5.75 Å². The number of aromatic hydroxyl groups is 1. The van der Waals surface area contributed by atoms with Gasteiger partial charge in [0.15, 0.2) is 11.6 Å². The zero-order valence-corrected chi connectivity index (χ0v) is 13.9. The number of benzene rings is 3. The van der Waals surface area contributed by atoms with E-state index in [1.807, 2.05) is 32.0 Å². The number of hydrogen-bond donors (Lipinski definition) is 1. The van der Waals surface area contributed by atoms with Gasteiger partial charge in [-0.1, -0.05) is 24.3 Å². The van der Waals surface area contributed by atoms with E-state index in [0.717, 1.165) is 22.3 Å². The fourth-order valence-corrected chi connectivity index (χ4v) is 2.63. The average molecular weight is 336 g/mol. The maximum absolute atomic E-state index is 13.6. The highest BCUT2D eigenvalue weighted by Gasteiger charge is 2.13. The Bertz CT molecular complexity index is 924. The highest BCUT2D eigenvalue weighted by Crippen LogP contribution is 2.29. The molecule has 0 radical (unpaired) electrons. The van der Waals surface area contributed by atoms with Gasteiger partial charge < -0.3 is 9.84 Å². The molecule has 0 amide bonds. The molecule has 25 heavy (non-hydrogen) atoms. The summed E-state index contributed by atoms with van der Waals surface area (Å²) < 4.78 is 18.8. The summed E-state index contributed by atoms with van der Waals surface area (Å²) in [5, 5.41) is 9.90. The monoisotopic (exact) mass is 336 g/mol. The van der Waals surface area contributed by atoms with Gasteiger partial charge in [-0.25, -0.2) is 9.18 Å². The number of carbonyl (C=O) groups excluding carboxylic acids is 1. The molecule has 0 unspecified atom stereocenters. The van der Waals surface area contributed by atoms with E-state index in [2.05, 4.69) is 0 Å². The predicted molar refractivity (Wildman–Crippen MR) is 94.4 cm³/mol. The van der Waals surface area contributed by atoms with Crippen LogP contribution in [-0.4, -0.2) is 11.1 Å². The number of rotatable bonds is 3. The molecule has 1 N–H and O–H groups in total. The van der Waals surface area contributed by atoms with Gasteiger partial charge in [0.05, 0.1) is 5.56 Å². The lowest BCUT2D eigenvalue weighted by Crippen LogP contribution is -2.09. The van der Waals surface area contributed by atoms with E-state index in [9.17, 15) is 14.3 Å². The van der Waals surface area contributed by atoms with E-state index >= 15 is 0 Å². The van der Waals surface area contributed by atoms with Gasteiger partial charge in [-0.2, -0.15) is 0 Å². The first kappa shape index (κ1) is 16.7. The lowest BCUT2D eigenvalue weighted by atomic mass is 9.98. The molecular weight excluding hydrogens is 319 g/mol. The minimum absolute atomic E-state index is 0.103. The fourth-order valence-electron chi connectivity index (χ4n) is 2.63. The molecule has 0 atom stereocenters. The smallest absolute Gasteiger partial charge is 0.343 e. The zero-order chi connectivity index (χ0) is 18.0. The molecule has 0 heterocycles. The second-order valence-electron chi connectivity index (χ2n) is 5.86. The van der Waals surface area contributed by atoms with Crippen molar-refractivity contribution in [3.63, 3.8) is 0 Å². The largest absolute Gasteiger partial charge is 0.507 e. The van der Waals surface area contributed by atoms with Crippen LogP contribution in [0.2, 0.25) is 0 Å². The number of esters is 1. The molecule has 3 nitrogen and oxygen atoms in total. The summed E-state index contributed by atoms with van der Waals surface area (Å²) in [6.07, 6.45) is 0. The molecule has 0 saturated heterocycles. The first-order valence-electron chi connectivity index (χ1n) is 7.83. The second kappa shape index (κ2) is 6.77. The van der Waals surface area contributed by atoms with E-state index in [-0.39, 0.29) is 11.5 Å². The summed E-state index contributed by atoms with van der Waals surface area (Å²) in [5.41, 5.74) is 3.54. The third-order valence-corrected chi connectivity index (χ3v) is 3.96. The molecule has 0 saturated carbocycles. The third-order valence-electron chi connectivity index (χ3n) is 3.96. The van der Waals surface area contributed by atoms with Gasteiger partial charge in [-0.05, 0) is 72.5 Å². The molecule has 0 fully saturated rings. The molecule has 0 aliphatic carbocycles. The Morgan fingerprint density at radius 2 is 1.60 bits per heavy atom. The third kappa shape index (κ3) is 3.53. The predicted octanol–water partition coefficient (Wildman–Crippen LogP) is 5.03. The van der Waals surface area contributed by atoms with Crippen LogP contribution >= 0.6 is 0 Å². The first-order valence-corrected chi connectivity index (χ1v) is 7.83. The summed E-state index contributed by atoms with van der Waals surface area (Å²) in [4.78, 5) is 12.3. The van der Waals surface area contributed by atoms with Crippen LogP contribution in [0.1, 0.15) is 21.5 Å². The normalized spacial score (nSPS) is 10.5. The average Bonchev–Trinajstić information content (AvgIpc) is 2.61. The van der Waals surface area contributed by atoms with Gasteiger partial charge in [-0.3, -0.25) is 0 Å². The molecule has 0 aliphatic rings. The Hall–Kier alpha value is -3.14. The number of hydrogen-bond acceptors (Lipinski definition) is 3. The standard InChI is InChI=1S/C21H17FO3/c1-13-10-17(11-14(2)20(13)23)15-6-5-7-16(12-15)21(24)25-19-9-4-3-8-18(19)22/h3-12,23H,1-2H3. The first-order chi connectivity index (χ1) is 12.0. The topological polar surface area (TPSA) is 46.5 Å². The van der Waals surface area contributed by atoms with Crippen molar-refractivity contribution >= 4 is 5.97 Å². The van der Waals surface area contributed by atoms with Crippen LogP contribution in [0.4, 0.5) is 4.39 Å². The minimum Gasteiger partial charge on any atom is -0.507 e. The van der Waals surface area contributed by atoms with Crippen LogP contribution in [0.25, 0.3) is 11.1 Å². The quantitative estimate of drug-likeness (QED) is 0.539. The molecule has 0 spiro atoms. The summed E-state index contributed by atoms with van der Waals surface area (Å²) in [5.74, 6) is -1.05. The van der Waals surface area contributed by atoms with Gasteiger partial charge in [0, 0.05) is 0 Å². The molecule has 3 rings (SSSR count). The number of ether oxygens (including phenoxy) is 1. The van der Waals surface area contributed by atoms with Crippen molar-refractivity contribution < 1.29 is 19.0 Å². The molecule has 126 valence electrons. The Balaban J connectivity index is 1.92. The van der Waals surface area contributed by atoms with Crippen LogP contribution in [0.3, 0.4) is 0 Å². The maximum Gasteiger partial charge on any atom is 0.343 e. The summed E-state index contributed by atoms with van der Waals surface area (Å²) in [7, 11) is 0. The summed E-state index contributed by atoms with van der Waals surface area (Å²) >= 11 is 0. The Morgan fingerprint density at radius 1 is 0.920 bits per heavy atom. The zero-order valence-electron chi connectivity index (χ0n) is 13.9. The van der Waals surface area contributed by atoms with E-state index < -0.39 is 11.8 Å². The lowest BCUT2D eigenvalue weighted by molar-refractivity contribution is 0.0728. The van der Waals surface area contributed by atoms with Gasteiger partial charge >= 0.3 is 5.97 Å². The van der Waals surface area contributed by atoms with Crippen LogP contribution < -0.4 is 4.74 Å². The number of para-hydroxylation sites is 1. The SMILES string of the molecule is Cc1cc(-c2cccc(C(=O)Oc3ccccc3F)c2)cc(C)c1O. The van der Waals surface area contributed by atoms with E-state index in [4.69, 9.17) is 4.74 Å². The highest BCUT2D eigenvalue weighted by molar-refractivity contribution is 5.92. The molecule has 0 aliphatic heterocycles. The maximum atomic E-state index is 13.6. The second-order valence-corrected chi connectivity index (χ2v) is 5.86. The van der Waals surface area contributed by atoms with E-state index in [1.165, 1.54) is 18.2 Å². The number of aryl methyl sites for hydroxylation is 2. The van der Waals surface area contributed by atoms with E-state index in [0.29, 0.717) is 5.56 Å². The van der Waals surface area contributed by atoms with E-state index in [1.54, 1.807) is 24.3 Å². The lowest BCUT2D eigenvalue weighted by Gasteiger charge is -2.10. The Kier molecular flexibility index (Phi) is 4.52. The number of halogens is 1. The number of phenols is 1. The van der Waals surface area contributed by atoms with Crippen molar-refractivity contribution in [3.8, 4) is 22.6 Å². The molecule has 0 bridgehead atoms. The van der Waals surface area contributed by atoms with Crippen molar-refractivity contribution in [3.05, 3.63) is 83.2 Å². The molecular formula is C21H17FO3. The molecule has 3 aromatic rings. The van der Waals surface area contributed by atoms with Crippen molar-refractivity contribution in [2.24, 2.45) is 0 Å². The summed E-state index contributed by atoms with van der Waals surface area (Å²) in [6.45, 7) is 3.64. The fraction of sp³-hybridized carbons (Fsp3) is 0.0952. The van der Waals surface area contributed by atoms with Crippen LogP contribution in [0.5, 0.6) is 11.5 Å². The molecule has 3 aromatic carbocycles. The van der Waals surface area contributed by atoms with Crippen molar-refractivity contribution in [1.82, 2.24) is 0 Å². The van der Waals surface area contributed by atoms with Crippen LogP contribution in [0.15, 0.2) is 60.7 Å². The van der Waals surface area contributed by atoms with Crippen molar-refractivity contribution in [2.45, 2.75) is 13.8 Å². The van der Waals surface area contributed by atoms with Gasteiger partial charge in [-0.15, -0.1) is 0 Å². The Morgan fingerprint density at radius 3 is 2.28 bits per heavy atom. The van der Waals surface area contributed by atoms with Gasteiger partial charge in [0.25, 0.3) is 0 Å². The molecule has 4 heteroatoms. The number of phenolic OH excluding ortho intramolecular Hbond substituents is 1. The van der Waals surface area contributed by atoms with Gasteiger partial charge in [0.2, 0.25) is 0 Å². The van der Waals surface area contributed by atoms with Crippen LogP contribution in [0, 0.1) is 19.7 Å². The Labute approximate surface area is 145 Å². The summed E-state index contributed by atoms with van der Waals surface area (Å²) in [6, 6.07) is 16.4.